The van der Waals surface area contributed by atoms with Crippen LogP contribution in [0.2, 0.25) is 0 Å². The predicted molar refractivity (Wildman–Crippen MR) is 103 cm³/mol. The maximum absolute atomic E-state index is 12.0. The zero-order chi connectivity index (χ0) is 19.9. The van der Waals surface area contributed by atoms with E-state index in [1.807, 2.05) is 25.1 Å². The molecule has 1 saturated heterocycles. The monoisotopic (exact) mass is 385 g/mol. The van der Waals surface area contributed by atoms with Gasteiger partial charge in [0.25, 0.3) is 11.8 Å². The van der Waals surface area contributed by atoms with Crippen molar-refractivity contribution in [2.45, 2.75) is 19.8 Å². The number of nitrogens with one attached hydrogen (secondary N) is 2. The summed E-state index contributed by atoms with van der Waals surface area (Å²) in [5.74, 6) is -1.59. The number of amides is 2. The van der Waals surface area contributed by atoms with E-state index in [0.717, 1.165) is 24.3 Å². The highest BCUT2D eigenvalue weighted by atomic mass is 16.5. The third-order valence-electron chi connectivity index (χ3n) is 4.46. The summed E-state index contributed by atoms with van der Waals surface area (Å²) in [5.41, 5.74) is 2.76. The van der Waals surface area contributed by atoms with E-state index in [9.17, 15) is 14.4 Å². The van der Waals surface area contributed by atoms with Crippen molar-refractivity contribution in [3.8, 4) is 0 Å². The standard InChI is InChI=1S/C20H23N3O5/c1-14-11-15(23-8-2-3-9-23)6-7-16(14)22-18(24)13-28-19(25)12-21-20(26)17-5-4-10-27-17/h4-7,10-11H,2-3,8-9,12-13H2,1H3,(H,21,26)(H,22,24). The largest absolute Gasteiger partial charge is 0.459 e. The smallest absolute Gasteiger partial charge is 0.325 e. The van der Waals surface area contributed by atoms with Crippen molar-refractivity contribution in [3.05, 3.63) is 47.9 Å². The van der Waals surface area contributed by atoms with Crippen molar-refractivity contribution in [1.82, 2.24) is 5.32 Å². The van der Waals surface area contributed by atoms with E-state index >= 15 is 0 Å². The van der Waals surface area contributed by atoms with Crippen molar-refractivity contribution in [2.24, 2.45) is 0 Å². The minimum atomic E-state index is -0.712. The van der Waals surface area contributed by atoms with Crippen molar-refractivity contribution in [3.63, 3.8) is 0 Å². The van der Waals surface area contributed by atoms with E-state index < -0.39 is 24.4 Å². The van der Waals surface area contributed by atoms with Crippen LogP contribution in [0.25, 0.3) is 0 Å². The van der Waals surface area contributed by atoms with Crippen LogP contribution >= 0.6 is 0 Å². The van der Waals surface area contributed by atoms with E-state index in [1.165, 1.54) is 25.2 Å². The van der Waals surface area contributed by atoms with Gasteiger partial charge in [-0.25, -0.2) is 0 Å². The molecular weight excluding hydrogens is 362 g/mol. The molecule has 8 nitrogen and oxygen atoms in total. The lowest BCUT2D eigenvalue weighted by Gasteiger charge is -2.19. The quantitative estimate of drug-likeness (QED) is 0.708. The number of nitrogens with zero attached hydrogens (tertiary/aromatic N) is 1. The first kappa shape index (κ1) is 19.5. The van der Waals surface area contributed by atoms with Gasteiger partial charge in [-0.3, -0.25) is 14.4 Å². The second-order valence-electron chi connectivity index (χ2n) is 6.56. The number of carbonyl (C=O) groups excluding carboxylic acids is 3. The highest BCUT2D eigenvalue weighted by Crippen LogP contribution is 2.25. The third-order valence-corrected chi connectivity index (χ3v) is 4.46. The summed E-state index contributed by atoms with van der Waals surface area (Å²) < 4.78 is 9.80. The SMILES string of the molecule is Cc1cc(N2CCCC2)ccc1NC(=O)COC(=O)CNC(=O)c1ccco1. The maximum Gasteiger partial charge on any atom is 0.325 e. The van der Waals surface area contributed by atoms with E-state index in [2.05, 4.69) is 15.5 Å². The van der Waals surface area contributed by atoms with Gasteiger partial charge < -0.3 is 24.7 Å². The number of carbonyl (C=O) groups is 3. The minimum absolute atomic E-state index is 0.0957. The first-order valence-electron chi connectivity index (χ1n) is 9.16. The summed E-state index contributed by atoms with van der Waals surface area (Å²) in [6.07, 6.45) is 3.76. The van der Waals surface area contributed by atoms with Crippen molar-refractivity contribution in [2.75, 3.05) is 36.5 Å². The lowest BCUT2D eigenvalue weighted by atomic mass is 10.1. The number of hydrogen-bond donors (Lipinski definition) is 2. The molecule has 28 heavy (non-hydrogen) atoms. The van der Waals surface area contributed by atoms with Gasteiger partial charge >= 0.3 is 5.97 Å². The average molecular weight is 385 g/mol. The van der Waals surface area contributed by atoms with E-state index in [0.29, 0.717) is 5.69 Å². The van der Waals surface area contributed by atoms with Gasteiger partial charge in [0.1, 0.15) is 6.54 Å². The van der Waals surface area contributed by atoms with Gasteiger partial charge in [0.15, 0.2) is 12.4 Å². The van der Waals surface area contributed by atoms with Crippen LogP contribution in [0.1, 0.15) is 29.0 Å². The van der Waals surface area contributed by atoms with Crippen LogP contribution in [0, 0.1) is 6.92 Å². The first-order chi connectivity index (χ1) is 13.5. The Kier molecular flexibility index (Phi) is 6.31. The summed E-state index contributed by atoms with van der Waals surface area (Å²) >= 11 is 0. The second kappa shape index (κ2) is 9.07. The number of ether oxygens (including phenoxy) is 1. The molecule has 1 aliphatic heterocycles. The van der Waals surface area contributed by atoms with Crippen LogP contribution in [0.5, 0.6) is 0 Å². The molecule has 0 saturated carbocycles. The number of rotatable bonds is 7. The molecule has 1 fully saturated rings. The van der Waals surface area contributed by atoms with Gasteiger partial charge in [0.2, 0.25) is 0 Å². The van der Waals surface area contributed by atoms with Crippen molar-refractivity contribution >= 4 is 29.2 Å². The summed E-state index contributed by atoms with van der Waals surface area (Å²) in [5, 5.41) is 5.09. The molecule has 0 unspecified atom stereocenters. The zero-order valence-electron chi connectivity index (χ0n) is 15.7. The second-order valence-corrected chi connectivity index (χ2v) is 6.56. The number of hydrogen-bond acceptors (Lipinski definition) is 6. The molecule has 2 heterocycles. The number of esters is 1. The fraction of sp³-hybridized carbons (Fsp3) is 0.350. The fourth-order valence-corrected chi connectivity index (χ4v) is 2.99. The molecule has 1 aromatic carbocycles. The Bertz CT molecular complexity index is 842. The summed E-state index contributed by atoms with van der Waals surface area (Å²) in [4.78, 5) is 37.7. The Hall–Kier alpha value is -3.29. The van der Waals surface area contributed by atoms with Crippen molar-refractivity contribution in [1.29, 1.82) is 0 Å². The van der Waals surface area contributed by atoms with Crippen LogP contribution < -0.4 is 15.5 Å². The Morgan fingerprint density at radius 3 is 2.64 bits per heavy atom. The molecule has 0 bridgehead atoms. The van der Waals surface area contributed by atoms with Gasteiger partial charge in [0.05, 0.1) is 6.26 Å². The Morgan fingerprint density at radius 1 is 1.18 bits per heavy atom. The molecule has 0 spiro atoms. The topological polar surface area (TPSA) is 101 Å². The Morgan fingerprint density at radius 2 is 1.96 bits per heavy atom. The van der Waals surface area contributed by atoms with Crippen LogP contribution in [0.4, 0.5) is 11.4 Å². The van der Waals surface area contributed by atoms with Crippen LogP contribution in [0.15, 0.2) is 41.0 Å². The Labute approximate surface area is 162 Å². The summed E-state index contributed by atoms with van der Waals surface area (Å²) in [6.45, 7) is 3.25. The molecule has 3 rings (SSSR count). The minimum Gasteiger partial charge on any atom is -0.459 e. The summed E-state index contributed by atoms with van der Waals surface area (Å²) in [6, 6.07) is 8.91. The number of aryl methyl sites for hydroxylation is 1. The number of benzene rings is 1. The highest BCUT2D eigenvalue weighted by Gasteiger charge is 2.15. The molecule has 2 N–H and O–H groups in total. The fourth-order valence-electron chi connectivity index (χ4n) is 2.99. The molecular formula is C20H23N3O5. The van der Waals surface area contributed by atoms with Crippen LogP contribution in [-0.4, -0.2) is 44.0 Å². The van der Waals surface area contributed by atoms with E-state index in [-0.39, 0.29) is 12.3 Å². The van der Waals surface area contributed by atoms with Gasteiger partial charge in [-0.05, 0) is 55.7 Å². The van der Waals surface area contributed by atoms with Crippen LogP contribution in [-0.2, 0) is 14.3 Å². The zero-order valence-corrected chi connectivity index (χ0v) is 15.7. The average Bonchev–Trinajstić information content (AvgIpc) is 3.39. The first-order valence-corrected chi connectivity index (χ1v) is 9.16. The van der Waals surface area contributed by atoms with E-state index in [4.69, 9.17) is 9.15 Å². The molecule has 0 atom stereocenters. The lowest BCUT2D eigenvalue weighted by molar-refractivity contribution is -0.146. The number of anilines is 2. The molecule has 0 aliphatic carbocycles. The lowest BCUT2D eigenvalue weighted by Crippen LogP contribution is -2.32. The molecule has 2 aromatic rings. The molecule has 8 heteroatoms. The molecule has 1 aliphatic rings. The Balaban J connectivity index is 1.42. The van der Waals surface area contributed by atoms with E-state index in [1.54, 1.807) is 6.07 Å². The maximum atomic E-state index is 12.0. The van der Waals surface area contributed by atoms with Gasteiger partial charge in [-0.2, -0.15) is 0 Å². The number of furan rings is 1. The van der Waals surface area contributed by atoms with Crippen LogP contribution in [0.3, 0.4) is 0 Å². The molecule has 0 radical (unpaired) electrons. The third kappa shape index (κ3) is 5.12. The molecule has 1 aromatic heterocycles. The van der Waals surface area contributed by atoms with Gasteiger partial charge in [0, 0.05) is 24.5 Å². The van der Waals surface area contributed by atoms with Gasteiger partial charge in [-0.15, -0.1) is 0 Å². The summed E-state index contributed by atoms with van der Waals surface area (Å²) in [7, 11) is 0. The predicted octanol–water partition coefficient (Wildman–Crippen LogP) is 2.10. The molecule has 148 valence electrons. The van der Waals surface area contributed by atoms with Gasteiger partial charge in [-0.1, -0.05) is 0 Å². The molecule has 2 amide bonds. The normalized spacial score (nSPS) is 13.2. The van der Waals surface area contributed by atoms with Crippen molar-refractivity contribution < 1.29 is 23.5 Å². The highest BCUT2D eigenvalue weighted by molar-refractivity contribution is 5.95.